The number of thioether (sulfide) groups is 1. The minimum absolute atomic E-state index is 0.0671. The number of hydrogen-bond donors (Lipinski definition) is 2. The van der Waals surface area contributed by atoms with Crippen molar-refractivity contribution >= 4 is 33.9 Å². The quantitative estimate of drug-likeness (QED) is 0.334. The summed E-state index contributed by atoms with van der Waals surface area (Å²) in [6.45, 7) is 4.54. The third-order valence-corrected chi connectivity index (χ3v) is 4.36. The van der Waals surface area contributed by atoms with Crippen molar-refractivity contribution in [2.45, 2.75) is 6.29 Å². The molecular formula is C18H17N3O4S. The van der Waals surface area contributed by atoms with E-state index in [9.17, 15) is 10.1 Å². The van der Waals surface area contributed by atoms with Gasteiger partial charge in [-0.1, -0.05) is 36.5 Å². The summed E-state index contributed by atoms with van der Waals surface area (Å²) in [6, 6.07) is 12.0. The van der Waals surface area contributed by atoms with Crippen LogP contribution in [-0.4, -0.2) is 23.2 Å². The molecule has 2 N–H and O–H groups in total. The molecule has 1 saturated heterocycles. The molecule has 1 aliphatic rings. The van der Waals surface area contributed by atoms with Gasteiger partial charge in [-0.2, -0.15) is 0 Å². The van der Waals surface area contributed by atoms with Gasteiger partial charge in [-0.3, -0.25) is 15.5 Å². The standard InChI is InChI=1S/C18H17N3O4S/c1-2-26-17(19)12-4-3-5-14(10-12)20-15-7-6-13(11-16(15)21(22)23)18-24-8-9-25-18/h2-7,10-11,18-20H,1,8-9H2. The van der Waals surface area contributed by atoms with E-state index in [-0.39, 0.29) is 5.69 Å². The van der Waals surface area contributed by atoms with Crippen LogP contribution in [0.25, 0.3) is 0 Å². The van der Waals surface area contributed by atoms with Crippen LogP contribution in [0.15, 0.2) is 54.5 Å². The molecule has 8 heteroatoms. The molecule has 134 valence electrons. The van der Waals surface area contributed by atoms with Gasteiger partial charge in [0.2, 0.25) is 0 Å². The number of rotatable bonds is 6. The van der Waals surface area contributed by atoms with Crippen molar-refractivity contribution in [3.8, 4) is 0 Å². The van der Waals surface area contributed by atoms with E-state index in [0.29, 0.717) is 40.8 Å². The highest BCUT2D eigenvalue weighted by Crippen LogP contribution is 2.33. The molecule has 0 aliphatic carbocycles. The van der Waals surface area contributed by atoms with E-state index in [0.717, 1.165) is 0 Å². The SMILES string of the molecule is C=CSC(=N)c1cccc(Nc2ccc(C3OCCO3)cc2[N+](=O)[O-])c1. The molecule has 1 heterocycles. The Morgan fingerprint density at radius 1 is 1.31 bits per heavy atom. The Bertz CT molecular complexity index is 850. The summed E-state index contributed by atoms with van der Waals surface area (Å²) < 4.78 is 10.8. The molecule has 1 aliphatic heterocycles. The first-order valence-corrected chi connectivity index (χ1v) is 8.71. The highest BCUT2D eigenvalue weighted by molar-refractivity contribution is 8.16. The lowest BCUT2D eigenvalue weighted by molar-refractivity contribution is -0.384. The topological polar surface area (TPSA) is 97.5 Å². The summed E-state index contributed by atoms with van der Waals surface area (Å²) in [5, 5.41) is 24.4. The molecule has 0 aromatic heterocycles. The van der Waals surface area contributed by atoms with Crippen molar-refractivity contribution in [3.05, 3.63) is 75.7 Å². The van der Waals surface area contributed by atoms with Crippen LogP contribution in [0.1, 0.15) is 17.4 Å². The second kappa shape index (κ2) is 8.13. The molecule has 0 unspecified atom stereocenters. The third-order valence-electron chi connectivity index (χ3n) is 3.72. The van der Waals surface area contributed by atoms with Gasteiger partial charge in [0, 0.05) is 22.9 Å². The first-order valence-electron chi connectivity index (χ1n) is 7.83. The highest BCUT2D eigenvalue weighted by atomic mass is 32.2. The second-order valence-electron chi connectivity index (χ2n) is 5.43. The van der Waals surface area contributed by atoms with Gasteiger partial charge in [-0.25, -0.2) is 0 Å². The van der Waals surface area contributed by atoms with Crippen LogP contribution in [0.3, 0.4) is 0 Å². The van der Waals surface area contributed by atoms with Gasteiger partial charge >= 0.3 is 0 Å². The van der Waals surface area contributed by atoms with Gasteiger partial charge in [-0.15, -0.1) is 0 Å². The largest absolute Gasteiger partial charge is 0.350 e. The number of nitrogens with zero attached hydrogens (tertiary/aromatic N) is 1. The van der Waals surface area contributed by atoms with Gasteiger partial charge in [0.15, 0.2) is 6.29 Å². The Hall–Kier alpha value is -2.68. The van der Waals surface area contributed by atoms with Crippen LogP contribution in [0.5, 0.6) is 0 Å². The normalized spacial score (nSPS) is 14.2. The zero-order valence-electron chi connectivity index (χ0n) is 13.8. The fraction of sp³-hybridized carbons (Fsp3) is 0.167. The van der Waals surface area contributed by atoms with Gasteiger partial charge in [0.1, 0.15) is 5.69 Å². The summed E-state index contributed by atoms with van der Waals surface area (Å²) in [4.78, 5) is 11.0. The van der Waals surface area contributed by atoms with Crippen LogP contribution in [0.4, 0.5) is 17.1 Å². The summed E-state index contributed by atoms with van der Waals surface area (Å²) in [7, 11) is 0. The van der Waals surface area contributed by atoms with Crippen molar-refractivity contribution in [1.82, 2.24) is 0 Å². The lowest BCUT2D eigenvalue weighted by Gasteiger charge is -2.12. The molecule has 3 rings (SSSR count). The number of ether oxygens (including phenoxy) is 2. The fourth-order valence-electron chi connectivity index (χ4n) is 2.55. The number of nitrogens with one attached hydrogen (secondary N) is 2. The molecular weight excluding hydrogens is 354 g/mol. The Kier molecular flexibility index (Phi) is 5.67. The summed E-state index contributed by atoms with van der Waals surface area (Å²) >= 11 is 1.21. The Morgan fingerprint density at radius 2 is 2.08 bits per heavy atom. The molecule has 2 aromatic rings. The van der Waals surface area contributed by atoms with E-state index in [1.165, 1.54) is 17.8 Å². The van der Waals surface area contributed by atoms with Crippen molar-refractivity contribution < 1.29 is 14.4 Å². The van der Waals surface area contributed by atoms with E-state index in [2.05, 4.69) is 11.9 Å². The maximum atomic E-state index is 11.5. The Morgan fingerprint density at radius 3 is 2.77 bits per heavy atom. The maximum absolute atomic E-state index is 11.5. The second-order valence-corrected chi connectivity index (χ2v) is 6.40. The van der Waals surface area contributed by atoms with Crippen molar-refractivity contribution in [1.29, 1.82) is 5.41 Å². The molecule has 7 nitrogen and oxygen atoms in total. The molecule has 0 spiro atoms. The lowest BCUT2D eigenvalue weighted by Crippen LogP contribution is -2.02. The maximum Gasteiger partial charge on any atom is 0.293 e. The summed E-state index contributed by atoms with van der Waals surface area (Å²) in [6.07, 6.45) is -0.567. The van der Waals surface area contributed by atoms with Crippen LogP contribution in [0, 0.1) is 15.5 Å². The van der Waals surface area contributed by atoms with Gasteiger partial charge in [0.25, 0.3) is 5.69 Å². The van der Waals surface area contributed by atoms with Crippen LogP contribution < -0.4 is 5.32 Å². The number of benzene rings is 2. The van der Waals surface area contributed by atoms with Crippen molar-refractivity contribution in [2.24, 2.45) is 0 Å². The smallest absolute Gasteiger partial charge is 0.293 e. The molecule has 1 fully saturated rings. The third kappa shape index (κ3) is 4.10. The van der Waals surface area contributed by atoms with E-state index in [4.69, 9.17) is 14.9 Å². The van der Waals surface area contributed by atoms with Crippen molar-refractivity contribution in [3.63, 3.8) is 0 Å². The summed E-state index contributed by atoms with van der Waals surface area (Å²) in [5.41, 5.74) is 2.25. The average molecular weight is 371 g/mol. The monoisotopic (exact) mass is 371 g/mol. The van der Waals surface area contributed by atoms with Crippen molar-refractivity contribution in [2.75, 3.05) is 18.5 Å². The zero-order valence-corrected chi connectivity index (χ0v) is 14.6. The first kappa shape index (κ1) is 18.1. The number of nitro groups is 1. The first-order chi connectivity index (χ1) is 12.6. The van der Waals surface area contributed by atoms with E-state index in [1.807, 2.05) is 0 Å². The van der Waals surface area contributed by atoms with Crippen LogP contribution in [-0.2, 0) is 9.47 Å². The molecule has 0 bridgehead atoms. The van der Waals surface area contributed by atoms with Gasteiger partial charge < -0.3 is 14.8 Å². The molecule has 2 aromatic carbocycles. The Balaban J connectivity index is 1.87. The minimum atomic E-state index is -0.567. The van der Waals surface area contributed by atoms with Crippen LogP contribution >= 0.6 is 11.8 Å². The number of hydrogen-bond acceptors (Lipinski definition) is 7. The average Bonchev–Trinajstić information content (AvgIpc) is 3.17. The number of anilines is 2. The molecule has 0 amide bonds. The van der Waals surface area contributed by atoms with E-state index < -0.39 is 11.2 Å². The van der Waals surface area contributed by atoms with E-state index >= 15 is 0 Å². The van der Waals surface area contributed by atoms with Gasteiger partial charge in [-0.05, 0) is 23.6 Å². The Labute approximate surface area is 154 Å². The fourth-order valence-corrected chi connectivity index (χ4v) is 2.98. The summed E-state index contributed by atoms with van der Waals surface area (Å²) in [5.74, 6) is 0. The van der Waals surface area contributed by atoms with Crippen LogP contribution in [0.2, 0.25) is 0 Å². The van der Waals surface area contributed by atoms with Gasteiger partial charge in [0.05, 0.1) is 23.2 Å². The molecule has 26 heavy (non-hydrogen) atoms. The molecule has 0 radical (unpaired) electrons. The van der Waals surface area contributed by atoms with E-state index in [1.54, 1.807) is 41.8 Å². The predicted molar refractivity (Wildman–Crippen MR) is 102 cm³/mol. The molecule has 0 saturated carbocycles. The zero-order chi connectivity index (χ0) is 18.5. The highest BCUT2D eigenvalue weighted by Gasteiger charge is 2.23. The molecule has 0 atom stereocenters. The minimum Gasteiger partial charge on any atom is -0.350 e. The predicted octanol–water partition coefficient (Wildman–Crippen LogP) is 4.59. The lowest BCUT2D eigenvalue weighted by atomic mass is 10.1. The number of nitro benzene ring substituents is 1.